The standard InChI is InChI=1S/C19H23N5O2S2/c1-14(19-6-2-9-24(19)10-3-7-19)22-17-5-4-16(12-15(17)13-20)28(25,26)23-18-21-8-11-27-18/h4-5,8,11-12,14,22H,2-3,6-7,9-10H2,1H3,(H,21,23)/t14-/m1/s1. The van der Waals surface area contributed by atoms with Crippen LogP contribution >= 0.6 is 11.3 Å². The Morgan fingerprint density at radius 2 is 2.07 bits per heavy atom. The number of aromatic nitrogens is 1. The van der Waals surface area contributed by atoms with E-state index in [9.17, 15) is 13.7 Å². The molecule has 3 heterocycles. The van der Waals surface area contributed by atoms with Gasteiger partial charge in [0.25, 0.3) is 10.0 Å². The molecule has 0 radical (unpaired) electrons. The van der Waals surface area contributed by atoms with Crippen LogP contribution in [0.3, 0.4) is 0 Å². The van der Waals surface area contributed by atoms with Gasteiger partial charge in [-0.2, -0.15) is 5.26 Å². The van der Waals surface area contributed by atoms with Crippen LogP contribution in [0, 0.1) is 11.3 Å². The fraction of sp³-hybridized carbons (Fsp3) is 0.474. The Morgan fingerprint density at radius 1 is 1.32 bits per heavy atom. The summed E-state index contributed by atoms with van der Waals surface area (Å²) < 4.78 is 27.6. The highest BCUT2D eigenvalue weighted by molar-refractivity contribution is 7.93. The number of anilines is 2. The fourth-order valence-electron chi connectivity index (χ4n) is 4.58. The number of benzene rings is 1. The van der Waals surface area contributed by atoms with Crippen LogP contribution in [0.25, 0.3) is 0 Å². The smallest absolute Gasteiger partial charge is 0.263 e. The van der Waals surface area contributed by atoms with Gasteiger partial charge in [-0.15, -0.1) is 11.3 Å². The number of rotatable bonds is 6. The van der Waals surface area contributed by atoms with Crippen molar-refractivity contribution in [3.8, 4) is 6.07 Å². The van der Waals surface area contributed by atoms with Gasteiger partial charge in [0.15, 0.2) is 5.13 Å². The number of hydrogen-bond donors (Lipinski definition) is 2. The molecule has 7 nitrogen and oxygen atoms in total. The van der Waals surface area contributed by atoms with Gasteiger partial charge in [0.1, 0.15) is 6.07 Å². The molecule has 0 unspecified atom stereocenters. The first-order valence-corrected chi connectivity index (χ1v) is 11.8. The molecule has 2 aliphatic heterocycles. The molecule has 0 bridgehead atoms. The molecule has 0 aliphatic carbocycles. The van der Waals surface area contributed by atoms with Crippen LogP contribution in [0.4, 0.5) is 10.8 Å². The predicted molar refractivity (Wildman–Crippen MR) is 110 cm³/mol. The topological polar surface area (TPSA) is 98.1 Å². The quantitative estimate of drug-likeness (QED) is 0.749. The molecule has 2 aromatic rings. The van der Waals surface area contributed by atoms with Crippen molar-refractivity contribution in [1.29, 1.82) is 5.26 Å². The number of nitrogens with one attached hydrogen (secondary N) is 2. The van der Waals surface area contributed by atoms with Crippen LogP contribution in [0.5, 0.6) is 0 Å². The lowest BCUT2D eigenvalue weighted by molar-refractivity contribution is 0.174. The maximum atomic E-state index is 12.6. The molecule has 148 valence electrons. The highest BCUT2D eigenvalue weighted by Gasteiger charge is 2.48. The molecule has 1 atom stereocenters. The van der Waals surface area contributed by atoms with Gasteiger partial charge < -0.3 is 5.32 Å². The maximum absolute atomic E-state index is 12.6. The van der Waals surface area contributed by atoms with Gasteiger partial charge >= 0.3 is 0 Å². The summed E-state index contributed by atoms with van der Waals surface area (Å²) in [5, 5.41) is 15.1. The monoisotopic (exact) mass is 417 g/mol. The van der Waals surface area contributed by atoms with E-state index < -0.39 is 10.0 Å². The van der Waals surface area contributed by atoms with Gasteiger partial charge in [0.05, 0.1) is 16.1 Å². The summed E-state index contributed by atoms with van der Waals surface area (Å²) in [5.41, 5.74) is 1.15. The average Bonchev–Trinajstić information content (AvgIpc) is 3.38. The lowest BCUT2D eigenvalue weighted by Gasteiger charge is -2.39. The zero-order valence-electron chi connectivity index (χ0n) is 15.7. The Morgan fingerprint density at radius 3 is 2.71 bits per heavy atom. The van der Waals surface area contributed by atoms with Crippen molar-refractivity contribution in [2.75, 3.05) is 23.1 Å². The number of hydrogen-bond acceptors (Lipinski definition) is 7. The third-order valence-corrected chi connectivity index (χ3v) is 8.11. The fourth-order valence-corrected chi connectivity index (χ4v) is 6.40. The van der Waals surface area contributed by atoms with Crippen molar-refractivity contribution in [1.82, 2.24) is 9.88 Å². The molecule has 0 amide bonds. The molecule has 2 saturated heterocycles. The zero-order chi connectivity index (χ0) is 19.8. The van der Waals surface area contributed by atoms with Crippen LogP contribution in [0.1, 0.15) is 38.2 Å². The van der Waals surface area contributed by atoms with Crippen molar-refractivity contribution in [2.24, 2.45) is 0 Å². The van der Waals surface area contributed by atoms with Crippen molar-refractivity contribution in [3.05, 3.63) is 35.3 Å². The third-order valence-electron chi connectivity index (χ3n) is 5.96. The van der Waals surface area contributed by atoms with Crippen LogP contribution in [0.15, 0.2) is 34.7 Å². The van der Waals surface area contributed by atoms with Gasteiger partial charge in [-0.05, 0) is 63.9 Å². The number of fused-ring (bicyclic) bond motifs is 1. The molecule has 28 heavy (non-hydrogen) atoms. The third kappa shape index (κ3) is 3.36. The Labute approximate surface area is 169 Å². The number of sulfonamides is 1. The van der Waals surface area contributed by atoms with Crippen molar-refractivity contribution in [2.45, 2.75) is 49.1 Å². The van der Waals surface area contributed by atoms with E-state index in [-0.39, 0.29) is 16.5 Å². The summed E-state index contributed by atoms with van der Waals surface area (Å²) >= 11 is 1.20. The SMILES string of the molecule is C[C@@H](Nc1ccc(S(=O)(=O)Nc2nccs2)cc1C#N)C12CCCN1CCC2. The zero-order valence-corrected chi connectivity index (χ0v) is 17.3. The first kappa shape index (κ1) is 19.2. The van der Waals surface area contributed by atoms with Gasteiger partial charge in [-0.25, -0.2) is 13.4 Å². The van der Waals surface area contributed by atoms with E-state index in [0.717, 1.165) is 25.9 Å². The summed E-state index contributed by atoms with van der Waals surface area (Å²) in [6.45, 7) is 4.44. The summed E-state index contributed by atoms with van der Waals surface area (Å²) in [6, 6.07) is 6.96. The normalized spacial score (nSPS) is 19.7. The van der Waals surface area contributed by atoms with E-state index in [1.807, 2.05) is 0 Å². The molecular formula is C19H23N5O2S2. The second-order valence-corrected chi connectivity index (χ2v) is 10.0. The Kier molecular flexibility index (Phi) is 5.04. The lowest BCUT2D eigenvalue weighted by atomic mass is 9.86. The van der Waals surface area contributed by atoms with Gasteiger partial charge in [-0.3, -0.25) is 9.62 Å². The summed E-state index contributed by atoms with van der Waals surface area (Å²) in [4.78, 5) is 6.56. The number of nitriles is 1. The molecule has 0 saturated carbocycles. The largest absolute Gasteiger partial charge is 0.380 e. The Hall–Kier alpha value is -2.15. The Balaban J connectivity index is 1.57. The van der Waals surface area contributed by atoms with E-state index in [4.69, 9.17) is 0 Å². The maximum Gasteiger partial charge on any atom is 0.263 e. The van der Waals surface area contributed by atoms with E-state index in [0.29, 0.717) is 16.4 Å². The number of nitrogens with zero attached hydrogens (tertiary/aromatic N) is 3. The second-order valence-electron chi connectivity index (χ2n) is 7.43. The van der Waals surface area contributed by atoms with Gasteiger partial charge in [0, 0.05) is 23.2 Å². The molecule has 4 rings (SSSR count). The van der Waals surface area contributed by atoms with Crippen LogP contribution in [-0.4, -0.2) is 43.0 Å². The summed E-state index contributed by atoms with van der Waals surface area (Å²) in [6.07, 6.45) is 6.26. The minimum absolute atomic E-state index is 0.0546. The molecular weight excluding hydrogens is 394 g/mol. The highest BCUT2D eigenvalue weighted by atomic mass is 32.2. The second kappa shape index (κ2) is 7.35. The summed E-state index contributed by atoms with van der Waals surface area (Å²) in [7, 11) is -3.78. The molecule has 2 aliphatic rings. The summed E-state index contributed by atoms with van der Waals surface area (Å²) in [5.74, 6) is 0. The molecule has 2 fully saturated rings. The highest BCUT2D eigenvalue weighted by Crippen LogP contribution is 2.42. The molecule has 9 heteroatoms. The number of thiazole rings is 1. The lowest BCUT2D eigenvalue weighted by Crippen LogP contribution is -2.50. The molecule has 2 N–H and O–H groups in total. The molecule has 0 spiro atoms. The van der Waals surface area contributed by atoms with E-state index >= 15 is 0 Å². The van der Waals surface area contributed by atoms with Crippen molar-refractivity contribution < 1.29 is 8.42 Å². The van der Waals surface area contributed by atoms with E-state index in [2.05, 4.69) is 32.9 Å². The van der Waals surface area contributed by atoms with E-state index in [1.165, 1.54) is 42.5 Å². The van der Waals surface area contributed by atoms with Gasteiger partial charge in [0.2, 0.25) is 0 Å². The minimum atomic E-state index is -3.78. The van der Waals surface area contributed by atoms with Crippen LogP contribution in [0.2, 0.25) is 0 Å². The van der Waals surface area contributed by atoms with Crippen molar-refractivity contribution in [3.63, 3.8) is 0 Å². The van der Waals surface area contributed by atoms with Crippen molar-refractivity contribution >= 4 is 32.2 Å². The van der Waals surface area contributed by atoms with Gasteiger partial charge in [-0.1, -0.05) is 0 Å². The minimum Gasteiger partial charge on any atom is -0.380 e. The van der Waals surface area contributed by atoms with Crippen LogP contribution in [-0.2, 0) is 10.0 Å². The molecule has 1 aromatic carbocycles. The molecule has 1 aromatic heterocycles. The van der Waals surface area contributed by atoms with E-state index in [1.54, 1.807) is 11.4 Å². The average molecular weight is 418 g/mol. The first-order chi connectivity index (χ1) is 13.4. The first-order valence-electron chi connectivity index (χ1n) is 9.43. The predicted octanol–water partition coefficient (Wildman–Crippen LogP) is 3.24. The Bertz CT molecular complexity index is 988. The van der Waals surface area contributed by atoms with Crippen LogP contribution < -0.4 is 10.0 Å².